The largest absolute Gasteiger partial charge is 0.466 e. The van der Waals surface area contributed by atoms with E-state index in [4.69, 9.17) is 4.74 Å². The van der Waals surface area contributed by atoms with Crippen molar-refractivity contribution >= 4 is 17.6 Å². The van der Waals surface area contributed by atoms with Gasteiger partial charge in [-0.1, -0.05) is 18.2 Å². The van der Waals surface area contributed by atoms with Gasteiger partial charge in [0.1, 0.15) is 0 Å². The first-order valence-electron chi connectivity index (χ1n) is 9.44. The third-order valence-electron chi connectivity index (χ3n) is 5.32. The standard InChI is InChI=1S/C20H28N2O3/c1-2-25-20(24)17-7-6-12-22(15-17)19(23)16-10-13-21(14-11-16)18-8-4-3-5-9-18/h3-5,8-9,16-17H,2,6-7,10-15H2,1H3. The van der Waals surface area contributed by atoms with E-state index in [9.17, 15) is 9.59 Å². The van der Waals surface area contributed by atoms with Crippen LogP contribution < -0.4 is 4.90 Å². The highest BCUT2D eigenvalue weighted by Crippen LogP contribution is 2.26. The first-order valence-corrected chi connectivity index (χ1v) is 9.44. The summed E-state index contributed by atoms with van der Waals surface area (Å²) < 4.78 is 5.13. The number of likely N-dealkylation sites (tertiary alicyclic amines) is 1. The maximum Gasteiger partial charge on any atom is 0.310 e. The molecule has 1 unspecified atom stereocenters. The quantitative estimate of drug-likeness (QED) is 0.788. The Bertz CT molecular complexity index is 582. The Kier molecular flexibility index (Phi) is 5.95. The molecule has 1 aromatic carbocycles. The lowest BCUT2D eigenvalue weighted by Crippen LogP contribution is -2.47. The van der Waals surface area contributed by atoms with Crippen molar-refractivity contribution in [1.29, 1.82) is 0 Å². The van der Waals surface area contributed by atoms with Crippen LogP contribution in [0.2, 0.25) is 0 Å². The van der Waals surface area contributed by atoms with Crippen molar-refractivity contribution in [2.75, 3.05) is 37.7 Å². The van der Waals surface area contributed by atoms with Gasteiger partial charge >= 0.3 is 5.97 Å². The van der Waals surface area contributed by atoms with Crippen LogP contribution in [0.25, 0.3) is 0 Å². The summed E-state index contributed by atoms with van der Waals surface area (Å²) in [6, 6.07) is 10.4. The molecule has 5 nitrogen and oxygen atoms in total. The van der Waals surface area contributed by atoms with Gasteiger partial charge in [0.15, 0.2) is 0 Å². The Morgan fingerprint density at radius 1 is 1.04 bits per heavy atom. The maximum atomic E-state index is 12.9. The molecule has 2 fully saturated rings. The van der Waals surface area contributed by atoms with Crippen LogP contribution in [-0.4, -0.2) is 49.6 Å². The number of hydrogen-bond donors (Lipinski definition) is 0. The van der Waals surface area contributed by atoms with Crippen LogP contribution in [0, 0.1) is 11.8 Å². The highest BCUT2D eigenvalue weighted by Gasteiger charge is 2.33. The highest BCUT2D eigenvalue weighted by atomic mass is 16.5. The van der Waals surface area contributed by atoms with Gasteiger partial charge in [-0.2, -0.15) is 0 Å². The number of anilines is 1. The van der Waals surface area contributed by atoms with Crippen LogP contribution in [0.15, 0.2) is 30.3 Å². The zero-order valence-corrected chi connectivity index (χ0v) is 15.0. The van der Waals surface area contributed by atoms with Crippen molar-refractivity contribution in [2.24, 2.45) is 11.8 Å². The molecule has 2 aliphatic rings. The molecule has 1 amide bonds. The Labute approximate surface area is 149 Å². The summed E-state index contributed by atoms with van der Waals surface area (Å²) in [5, 5.41) is 0. The minimum Gasteiger partial charge on any atom is -0.466 e. The van der Waals surface area contributed by atoms with Crippen LogP contribution in [0.4, 0.5) is 5.69 Å². The summed E-state index contributed by atoms with van der Waals surface area (Å²) in [5.74, 6) is 0.00331. The van der Waals surface area contributed by atoms with Gasteiger partial charge in [0.25, 0.3) is 0 Å². The number of ether oxygens (including phenoxy) is 1. The fraction of sp³-hybridized carbons (Fsp3) is 0.600. The predicted molar refractivity (Wildman–Crippen MR) is 97.3 cm³/mol. The van der Waals surface area contributed by atoms with Crippen molar-refractivity contribution in [2.45, 2.75) is 32.6 Å². The number of rotatable bonds is 4. The second-order valence-corrected chi connectivity index (χ2v) is 6.97. The third kappa shape index (κ3) is 4.33. The molecule has 0 aliphatic carbocycles. The molecule has 0 spiro atoms. The van der Waals surface area contributed by atoms with Crippen LogP contribution in [-0.2, 0) is 14.3 Å². The smallest absolute Gasteiger partial charge is 0.310 e. The number of carbonyl (C=O) groups is 2. The molecule has 0 N–H and O–H groups in total. The van der Waals surface area contributed by atoms with Gasteiger partial charge < -0.3 is 14.5 Å². The Balaban J connectivity index is 1.53. The number of hydrogen-bond acceptors (Lipinski definition) is 4. The molecule has 2 saturated heterocycles. The second kappa shape index (κ2) is 8.37. The van der Waals surface area contributed by atoms with Crippen molar-refractivity contribution < 1.29 is 14.3 Å². The summed E-state index contributed by atoms with van der Waals surface area (Å²) in [7, 11) is 0. The molecule has 1 aromatic rings. The lowest BCUT2D eigenvalue weighted by Gasteiger charge is -2.38. The zero-order chi connectivity index (χ0) is 17.6. The van der Waals surface area contributed by atoms with Gasteiger partial charge in [0.2, 0.25) is 5.91 Å². The van der Waals surface area contributed by atoms with Crippen molar-refractivity contribution in [3.63, 3.8) is 0 Å². The lowest BCUT2D eigenvalue weighted by molar-refractivity contribution is -0.152. The lowest BCUT2D eigenvalue weighted by atomic mass is 9.92. The number of carbonyl (C=O) groups excluding carboxylic acids is 2. The number of esters is 1. The number of amides is 1. The van der Waals surface area contributed by atoms with Crippen LogP contribution in [0.1, 0.15) is 32.6 Å². The average Bonchev–Trinajstić information content (AvgIpc) is 2.68. The first kappa shape index (κ1) is 17.8. The molecule has 25 heavy (non-hydrogen) atoms. The molecule has 0 radical (unpaired) electrons. The number of para-hydroxylation sites is 1. The van der Waals surface area contributed by atoms with E-state index in [0.29, 0.717) is 13.2 Å². The average molecular weight is 344 g/mol. The van der Waals surface area contributed by atoms with E-state index in [1.807, 2.05) is 17.9 Å². The first-order chi connectivity index (χ1) is 12.2. The molecule has 2 aliphatic heterocycles. The summed E-state index contributed by atoms with van der Waals surface area (Å²) in [5.41, 5.74) is 1.23. The highest BCUT2D eigenvalue weighted by molar-refractivity contribution is 5.80. The van der Waals surface area contributed by atoms with E-state index in [1.54, 1.807) is 0 Å². The molecule has 3 rings (SSSR count). The molecule has 1 atom stereocenters. The minimum absolute atomic E-state index is 0.0842. The molecule has 5 heteroatoms. The van der Waals surface area contributed by atoms with Crippen LogP contribution in [0.3, 0.4) is 0 Å². The SMILES string of the molecule is CCOC(=O)C1CCCN(C(=O)C2CCN(c3ccccc3)CC2)C1. The van der Waals surface area contributed by atoms with Crippen molar-refractivity contribution in [3.8, 4) is 0 Å². The summed E-state index contributed by atoms with van der Waals surface area (Å²) in [6.45, 7) is 5.35. The summed E-state index contributed by atoms with van der Waals surface area (Å²) in [4.78, 5) is 29.1. The predicted octanol–water partition coefficient (Wildman–Crippen LogP) is 2.70. The molecular weight excluding hydrogens is 316 g/mol. The second-order valence-electron chi connectivity index (χ2n) is 6.97. The molecule has 0 aromatic heterocycles. The number of nitrogens with zero attached hydrogens (tertiary/aromatic N) is 2. The normalized spacial score (nSPS) is 21.9. The Morgan fingerprint density at radius 2 is 1.76 bits per heavy atom. The number of piperidine rings is 2. The van der Waals surface area contributed by atoms with Gasteiger partial charge in [-0.05, 0) is 44.7 Å². The van der Waals surface area contributed by atoms with Crippen LogP contribution >= 0.6 is 0 Å². The summed E-state index contributed by atoms with van der Waals surface area (Å²) in [6.07, 6.45) is 3.48. The molecule has 136 valence electrons. The van der Waals surface area contributed by atoms with E-state index in [2.05, 4.69) is 29.2 Å². The monoisotopic (exact) mass is 344 g/mol. The van der Waals surface area contributed by atoms with Gasteiger partial charge in [0.05, 0.1) is 12.5 Å². The maximum absolute atomic E-state index is 12.9. The molecule has 0 bridgehead atoms. The molecule has 0 saturated carbocycles. The van der Waals surface area contributed by atoms with Gasteiger partial charge in [-0.15, -0.1) is 0 Å². The summed E-state index contributed by atoms with van der Waals surface area (Å²) >= 11 is 0. The fourth-order valence-corrected chi connectivity index (χ4v) is 3.91. The molecular formula is C20H28N2O3. The zero-order valence-electron chi connectivity index (χ0n) is 15.0. The van der Waals surface area contributed by atoms with Gasteiger partial charge in [-0.25, -0.2) is 0 Å². The molecule has 2 heterocycles. The number of benzene rings is 1. The van der Waals surface area contributed by atoms with Crippen molar-refractivity contribution in [1.82, 2.24) is 4.90 Å². The van der Waals surface area contributed by atoms with E-state index >= 15 is 0 Å². The fourth-order valence-electron chi connectivity index (χ4n) is 3.91. The van der Waals surface area contributed by atoms with Gasteiger partial charge in [0, 0.05) is 37.8 Å². The van der Waals surface area contributed by atoms with Crippen LogP contribution in [0.5, 0.6) is 0 Å². The van der Waals surface area contributed by atoms with E-state index in [0.717, 1.165) is 45.3 Å². The van der Waals surface area contributed by atoms with E-state index in [1.165, 1.54) is 5.69 Å². The van der Waals surface area contributed by atoms with Gasteiger partial charge in [-0.3, -0.25) is 9.59 Å². The van der Waals surface area contributed by atoms with Crippen molar-refractivity contribution in [3.05, 3.63) is 30.3 Å². The minimum atomic E-state index is -0.154. The van der Waals surface area contributed by atoms with E-state index < -0.39 is 0 Å². The Morgan fingerprint density at radius 3 is 2.44 bits per heavy atom. The third-order valence-corrected chi connectivity index (χ3v) is 5.32. The Hall–Kier alpha value is -2.04. The topological polar surface area (TPSA) is 49.9 Å². The van der Waals surface area contributed by atoms with E-state index in [-0.39, 0.29) is 23.7 Å².